The van der Waals surface area contributed by atoms with Gasteiger partial charge in [-0.2, -0.15) is 16.9 Å². The summed E-state index contributed by atoms with van der Waals surface area (Å²) >= 11 is 7.68. The van der Waals surface area contributed by atoms with Crippen molar-refractivity contribution in [1.82, 2.24) is 9.78 Å². The summed E-state index contributed by atoms with van der Waals surface area (Å²) in [6.45, 7) is 3.70. The molecule has 4 nitrogen and oxygen atoms in total. The number of nitrogens with one attached hydrogen (secondary N) is 1. The molecule has 2 aromatic rings. The van der Waals surface area contributed by atoms with Crippen LogP contribution < -0.4 is 5.32 Å². The molecule has 3 rings (SSSR count). The van der Waals surface area contributed by atoms with Crippen LogP contribution in [0.25, 0.3) is 5.69 Å². The maximum Gasteiger partial charge on any atom is 0.243 e. The van der Waals surface area contributed by atoms with Crippen LogP contribution in [0.3, 0.4) is 0 Å². The number of fused-ring (bicyclic) bond motifs is 1. The second-order valence-corrected chi connectivity index (χ2v) is 6.76. The van der Waals surface area contributed by atoms with Gasteiger partial charge in [0.2, 0.25) is 5.91 Å². The Morgan fingerprint density at radius 2 is 2.29 bits per heavy atom. The number of thioether (sulfide) groups is 1. The van der Waals surface area contributed by atoms with Crippen LogP contribution in [0, 0.1) is 6.92 Å². The van der Waals surface area contributed by atoms with Crippen molar-refractivity contribution in [2.75, 3.05) is 5.32 Å². The summed E-state index contributed by atoms with van der Waals surface area (Å²) in [6.07, 6.45) is 0. The van der Waals surface area contributed by atoms with Gasteiger partial charge in [-0.1, -0.05) is 12.1 Å². The van der Waals surface area contributed by atoms with Crippen molar-refractivity contribution < 1.29 is 4.79 Å². The molecule has 0 spiro atoms. The highest BCUT2D eigenvalue weighted by Gasteiger charge is 2.25. The fourth-order valence-electron chi connectivity index (χ4n) is 2.30. The third kappa shape index (κ3) is 2.80. The molecular formula is C15H16ClN3OS. The van der Waals surface area contributed by atoms with Gasteiger partial charge in [-0.3, -0.25) is 4.79 Å². The molecule has 0 fully saturated rings. The summed E-state index contributed by atoms with van der Waals surface area (Å²) in [5.41, 5.74) is 4.25. The average Bonchev–Trinajstić information content (AvgIpc) is 3.01. The molecule has 0 aliphatic carbocycles. The first-order valence-corrected chi connectivity index (χ1v) is 8.36. The van der Waals surface area contributed by atoms with E-state index in [-0.39, 0.29) is 5.91 Å². The van der Waals surface area contributed by atoms with E-state index in [0.29, 0.717) is 0 Å². The van der Waals surface area contributed by atoms with Crippen molar-refractivity contribution in [2.45, 2.75) is 30.7 Å². The first kappa shape index (κ1) is 14.5. The number of amides is 1. The predicted octanol–water partition coefficient (Wildman–Crippen LogP) is 3.49. The minimum absolute atomic E-state index is 0.204. The molecule has 1 N–H and O–H groups in total. The molecular weight excluding hydrogens is 306 g/mol. The summed E-state index contributed by atoms with van der Waals surface area (Å²) in [7, 11) is 0. The quantitative estimate of drug-likeness (QED) is 0.880. The van der Waals surface area contributed by atoms with Crippen molar-refractivity contribution in [3.63, 3.8) is 0 Å². The van der Waals surface area contributed by atoms with Crippen LogP contribution in [0.2, 0.25) is 0 Å². The molecule has 1 aliphatic heterocycles. The van der Waals surface area contributed by atoms with Crippen LogP contribution in [0.5, 0.6) is 0 Å². The Morgan fingerprint density at radius 3 is 3.00 bits per heavy atom. The number of rotatable bonds is 3. The van der Waals surface area contributed by atoms with E-state index in [0.717, 1.165) is 39.8 Å². The van der Waals surface area contributed by atoms with Crippen molar-refractivity contribution >= 4 is 35.1 Å². The highest BCUT2D eigenvalue weighted by atomic mass is 35.5. The number of carbonyl (C=O) groups excluding carboxylic acids is 1. The molecule has 1 atom stereocenters. The zero-order valence-corrected chi connectivity index (χ0v) is 13.5. The maximum absolute atomic E-state index is 12.0. The monoisotopic (exact) mass is 321 g/mol. The van der Waals surface area contributed by atoms with Crippen molar-refractivity contribution in [3.05, 3.63) is 41.1 Å². The van der Waals surface area contributed by atoms with E-state index in [1.807, 2.05) is 29.8 Å². The molecule has 6 heteroatoms. The van der Waals surface area contributed by atoms with Crippen LogP contribution in [0.15, 0.2) is 24.3 Å². The summed E-state index contributed by atoms with van der Waals surface area (Å²) in [4.78, 5) is 12.0. The molecule has 1 aromatic heterocycles. The molecule has 21 heavy (non-hydrogen) atoms. The molecule has 0 radical (unpaired) electrons. The van der Waals surface area contributed by atoms with Crippen molar-refractivity contribution in [1.29, 1.82) is 0 Å². The van der Waals surface area contributed by atoms with Gasteiger partial charge in [0, 0.05) is 17.1 Å². The average molecular weight is 322 g/mol. The van der Waals surface area contributed by atoms with Gasteiger partial charge in [-0.25, -0.2) is 4.68 Å². The molecule has 0 bridgehead atoms. The number of hydrogen-bond donors (Lipinski definition) is 1. The third-order valence-electron chi connectivity index (χ3n) is 3.40. The van der Waals surface area contributed by atoms with Crippen molar-refractivity contribution in [3.8, 4) is 5.69 Å². The molecule has 1 aromatic carbocycles. The Bertz CT molecular complexity index is 696. The second kappa shape index (κ2) is 5.73. The van der Waals surface area contributed by atoms with E-state index in [2.05, 4.69) is 16.5 Å². The zero-order valence-electron chi connectivity index (χ0n) is 11.9. The van der Waals surface area contributed by atoms with Gasteiger partial charge in [0.25, 0.3) is 0 Å². The van der Waals surface area contributed by atoms with Gasteiger partial charge in [-0.15, -0.1) is 11.6 Å². The number of halogens is 1. The van der Waals surface area contributed by atoms with Crippen LogP contribution in [-0.4, -0.2) is 21.1 Å². The molecule has 0 saturated carbocycles. The number of aromatic nitrogens is 2. The van der Waals surface area contributed by atoms with Crippen LogP contribution in [0.4, 0.5) is 5.82 Å². The minimum atomic E-state index is -0.574. The molecule has 110 valence electrons. The lowest BCUT2D eigenvalue weighted by atomic mass is 10.2. The van der Waals surface area contributed by atoms with Crippen LogP contribution in [0.1, 0.15) is 23.7 Å². The van der Waals surface area contributed by atoms with Gasteiger partial charge in [0.05, 0.1) is 11.4 Å². The third-order valence-corrected chi connectivity index (χ3v) is 4.57. The Hall–Kier alpha value is -1.46. The normalized spacial score (nSPS) is 14.8. The SMILES string of the molecule is Cc1cccc(-n2nc3c(c2NC(=O)[C@@H](C)Cl)CSC3)c1. The largest absolute Gasteiger partial charge is 0.309 e. The summed E-state index contributed by atoms with van der Waals surface area (Å²) < 4.78 is 1.81. The first-order chi connectivity index (χ1) is 10.1. The van der Waals surface area contributed by atoms with Gasteiger partial charge in [-0.05, 0) is 31.5 Å². The van der Waals surface area contributed by atoms with E-state index >= 15 is 0 Å². The van der Waals surface area contributed by atoms with Gasteiger partial charge in [0.15, 0.2) is 0 Å². The molecule has 1 amide bonds. The Labute approximate surface area is 132 Å². The van der Waals surface area contributed by atoms with Crippen LogP contribution >= 0.6 is 23.4 Å². The van der Waals surface area contributed by atoms with Crippen molar-refractivity contribution in [2.24, 2.45) is 0 Å². The fraction of sp³-hybridized carbons (Fsp3) is 0.333. The Morgan fingerprint density at radius 1 is 1.48 bits per heavy atom. The zero-order chi connectivity index (χ0) is 15.0. The molecule has 2 heterocycles. The van der Waals surface area contributed by atoms with Gasteiger partial charge in [0.1, 0.15) is 11.2 Å². The number of carbonyl (C=O) groups is 1. The number of anilines is 1. The van der Waals surface area contributed by atoms with E-state index in [9.17, 15) is 4.79 Å². The lowest BCUT2D eigenvalue weighted by molar-refractivity contribution is -0.115. The number of nitrogens with zero attached hydrogens (tertiary/aromatic N) is 2. The first-order valence-electron chi connectivity index (χ1n) is 6.77. The number of benzene rings is 1. The minimum Gasteiger partial charge on any atom is -0.309 e. The van der Waals surface area contributed by atoms with E-state index in [1.54, 1.807) is 18.7 Å². The smallest absolute Gasteiger partial charge is 0.243 e. The number of alkyl halides is 1. The second-order valence-electron chi connectivity index (χ2n) is 5.12. The predicted molar refractivity (Wildman–Crippen MR) is 87.2 cm³/mol. The van der Waals surface area contributed by atoms with E-state index in [1.165, 1.54) is 0 Å². The highest BCUT2D eigenvalue weighted by Crippen LogP contribution is 2.36. The lowest BCUT2D eigenvalue weighted by Gasteiger charge is -2.12. The summed E-state index contributed by atoms with van der Waals surface area (Å²) in [5.74, 6) is 2.30. The van der Waals surface area contributed by atoms with E-state index in [4.69, 9.17) is 11.6 Å². The standard InChI is InChI=1S/C15H16ClN3OS/c1-9-4-3-5-11(6-9)19-14(17-15(20)10(2)16)12-7-21-8-13(12)18-19/h3-6,10H,7-8H2,1-2H3,(H,17,20)/t10-/m1/s1. The Kier molecular flexibility index (Phi) is 3.95. The lowest BCUT2D eigenvalue weighted by Crippen LogP contribution is -2.22. The molecule has 1 aliphatic rings. The maximum atomic E-state index is 12.0. The number of aryl methyl sites for hydroxylation is 1. The summed E-state index contributed by atoms with van der Waals surface area (Å²) in [5, 5.41) is 7.00. The molecule has 0 unspecified atom stereocenters. The van der Waals surface area contributed by atoms with Crippen LogP contribution in [-0.2, 0) is 16.3 Å². The Balaban J connectivity index is 2.06. The van der Waals surface area contributed by atoms with Gasteiger partial charge < -0.3 is 5.32 Å². The molecule has 0 saturated heterocycles. The fourth-order valence-corrected chi connectivity index (χ4v) is 3.39. The van der Waals surface area contributed by atoms with Gasteiger partial charge >= 0.3 is 0 Å². The topological polar surface area (TPSA) is 46.9 Å². The summed E-state index contributed by atoms with van der Waals surface area (Å²) in [6, 6.07) is 8.06. The van der Waals surface area contributed by atoms with E-state index < -0.39 is 5.38 Å². The number of hydrogen-bond acceptors (Lipinski definition) is 3. The highest BCUT2D eigenvalue weighted by molar-refractivity contribution is 7.98.